The van der Waals surface area contributed by atoms with Crippen molar-refractivity contribution in [2.45, 2.75) is 160 Å². The number of para-hydroxylation sites is 4. The van der Waals surface area contributed by atoms with E-state index in [-0.39, 0.29) is 21.7 Å². The molecule has 0 aliphatic carbocycles. The molecule has 0 saturated heterocycles. The number of fused-ring (bicyclic) bond motifs is 2. The van der Waals surface area contributed by atoms with Crippen molar-refractivity contribution in [3.63, 3.8) is 0 Å². The van der Waals surface area contributed by atoms with Crippen LogP contribution in [-0.4, -0.2) is 102 Å². The number of anilines is 4. The summed E-state index contributed by atoms with van der Waals surface area (Å²) < 4.78 is 17.6. The van der Waals surface area contributed by atoms with Gasteiger partial charge in [0.05, 0.1) is 11.4 Å². The molecule has 57 heavy (non-hydrogen) atoms. The van der Waals surface area contributed by atoms with Crippen LogP contribution in [0.2, 0.25) is 76.9 Å². The molecule has 0 bridgehead atoms. The van der Waals surface area contributed by atoms with Gasteiger partial charge in [0.1, 0.15) is 16.5 Å². The monoisotopic (exact) mass is 941 g/mol. The van der Waals surface area contributed by atoms with Crippen molar-refractivity contribution in [2.24, 2.45) is 21.7 Å². The predicted octanol–water partition coefficient (Wildman–Crippen LogP) is 12.2. The number of hydrogen-bond donors (Lipinski definition) is 0. The van der Waals surface area contributed by atoms with Gasteiger partial charge in [0.2, 0.25) is 0 Å². The Bertz CT molecular complexity index is 1520. The quantitative estimate of drug-likeness (QED) is 0.208. The van der Waals surface area contributed by atoms with Crippen molar-refractivity contribution in [1.29, 1.82) is 0 Å². The van der Waals surface area contributed by atoms with Gasteiger partial charge >= 0.3 is 203 Å². The average molecular weight is 941 g/mol. The van der Waals surface area contributed by atoms with Crippen molar-refractivity contribution in [2.75, 3.05) is 44.4 Å². The molecule has 0 amide bonds. The molecule has 0 atom stereocenters. The zero-order valence-electron chi connectivity index (χ0n) is 41.3. The summed E-state index contributed by atoms with van der Waals surface area (Å²) in [5.41, 5.74) is 6.91. The predicted molar refractivity (Wildman–Crippen MR) is 273 cm³/mol. The van der Waals surface area contributed by atoms with Crippen LogP contribution in [0.5, 0.6) is 0 Å². The van der Waals surface area contributed by atoms with Crippen LogP contribution in [0.3, 0.4) is 0 Å². The van der Waals surface area contributed by atoms with E-state index in [2.05, 4.69) is 246 Å². The maximum atomic E-state index is 3.14. The Kier molecular flexibility index (Phi) is 15.7. The van der Waals surface area contributed by atoms with Crippen molar-refractivity contribution >= 4 is 90.8 Å². The molecule has 2 aromatic rings. The van der Waals surface area contributed by atoms with E-state index in [4.69, 9.17) is 0 Å². The second-order valence-electron chi connectivity index (χ2n) is 25.3. The molecule has 6 nitrogen and oxygen atoms in total. The van der Waals surface area contributed by atoms with Gasteiger partial charge in [-0.3, -0.25) is 0 Å². The Labute approximate surface area is 370 Å². The molecule has 4 rings (SSSR count). The third-order valence-corrected chi connectivity index (χ3v) is 43.9. The van der Waals surface area contributed by atoms with Crippen LogP contribution in [0, 0.1) is 21.7 Å². The normalized spacial score (nSPS) is 16.8. The minimum atomic E-state index is -1.52. The van der Waals surface area contributed by atoms with Crippen molar-refractivity contribution < 1.29 is 0 Å². The number of benzene rings is 2. The van der Waals surface area contributed by atoms with E-state index < -0.39 is 51.5 Å². The van der Waals surface area contributed by atoms with E-state index in [0.717, 1.165) is 26.2 Å². The van der Waals surface area contributed by atoms with Gasteiger partial charge in [-0.1, -0.05) is 93.0 Å². The summed E-state index contributed by atoms with van der Waals surface area (Å²) in [6.07, 6.45) is 0. The summed E-state index contributed by atoms with van der Waals surface area (Å²) >= 11 is 2.42. The van der Waals surface area contributed by atoms with E-state index in [1.165, 1.54) is 27.6 Å². The molecule has 0 aromatic heterocycles. The standard InChI is InChI=1S/C22H43GeN3Si3.C22H44N3Si3/c1-21(2,3)16-24-19-14-12-13-15-20(19)25(17-22(4,5)6)27(24)26(28(7,8)9)29(10,11)18-23;1-21(2,3)17-23-19-15-13-14-16-20(19)24(18-22(4,5)6)26(23)25(27(7,8)9)28(10,11)12/h12-15H,16-18H2,1-11H3;13-16H,17-18H2,1-12H3. The Hall–Kier alpha value is -0.596. The van der Waals surface area contributed by atoms with Crippen LogP contribution in [0.1, 0.15) is 83.1 Å². The third-order valence-electron chi connectivity index (χ3n) is 9.87. The van der Waals surface area contributed by atoms with Crippen LogP contribution in [0.15, 0.2) is 48.5 Å². The second kappa shape index (κ2) is 17.6. The molecule has 321 valence electrons. The summed E-state index contributed by atoms with van der Waals surface area (Å²) in [6.45, 7) is 61.4. The van der Waals surface area contributed by atoms with Gasteiger partial charge in [-0.15, -0.1) is 0 Å². The molecule has 2 aliphatic heterocycles. The zero-order chi connectivity index (χ0) is 44.1. The van der Waals surface area contributed by atoms with Crippen molar-refractivity contribution in [3.05, 3.63) is 48.5 Å². The topological polar surface area (TPSA) is 19.4 Å². The molecule has 0 saturated carbocycles. The first-order valence-corrected chi connectivity index (χ1v) is 39.3. The fourth-order valence-corrected chi connectivity index (χ4v) is 45.6. The summed E-state index contributed by atoms with van der Waals surface area (Å²) in [7, 11) is -8.15. The molecule has 2 heterocycles. The summed E-state index contributed by atoms with van der Waals surface area (Å²) in [5.74, 6) is 0. The van der Waals surface area contributed by atoms with E-state index in [9.17, 15) is 0 Å². The number of nitrogens with zero attached hydrogens (tertiary/aromatic N) is 6. The first kappa shape index (κ1) is 50.8. The van der Waals surface area contributed by atoms with Crippen LogP contribution in [0.4, 0.5) is 22.7 Å². The fraction of sp³-hybridized carbons (Fsp3) is 0.727. The first-order chi connectivity index (χ1) is 25.4. The Morgan fingerprint density at radius 3 is 0.807 bits per heavy atom. The van der Waals surface area contributed by atoms with Gasteiger partial charge < -0.3 is 13.0 Å². The number of hydrogen-bond acceptors (Lipinski definition) is 6. The molecule has 2 aliphatic rings. The number of rotatable bonds is 11. The zero-order valence-corrected chi connectivity index (χ0v) is 49.4. The molecule has 13 heteroatoms. The fourth-order valence-electron chi connectivity index (χ4n) is 8.73. The van der Waals surface area contributed by atoms with Gasteiger partial charge in [-0.2, -0.15) is 0 Å². The van der Waals surface area contributed by atoms with E-state index in [1.807, 2.05) is 0 Å². The van der Waals surface area contributed by atoms with E-state index in [1.54, 1.807) is 0 Å². The first-order valence-electron chi connectivity index (χ1n) is 21.7. The van der Waals surface area contributed by atoms with Crippen LogP contribution >= 0.6 is 0 Å². The van der Waals surface area contributed by atoms with Gasteiger partial charge in [0.15, 0.2) is 0 Å². The van der Waals surface area contributed by atoms with Crippen molar-refractivity contribution in [3.8, 4) is 0 Å². The maximum absolute atomic E-state index is 3.14. The van der Waals surface area contributed by atoms with Gasteiger partial charge in [0, 0.05) is 13.1 Å². The Morgan fingerprint density at radius 2 is 0.632 bits per heavy atom. The van der Waals surface area contributed by atoms with Crippen LogP contribution in [0.25, 0.3) is 0 Å². The average Bonchev–Trinajstić information content (AvgIpc) is 3.39. The summed E-state index contributed by atoms with van der Waals surface area (Å²) in [4.78, 5) is 1.31. The molecule has 0 fully saturated rings. The van der Waals surface area contributed by atoms with Crippen molar-refractivity contribution in [1.82, 2.24) is 7.79 Å². The van der Waals surface area contributed by atoms with E-state index in [0.29, 0.717) is 0 Å². The molecule has 0 N–H and O–H groups in total. The molecular formula is C44H87GeN6Si6. The van der Waals surface area contributed by atoms with E-state index >= 15 is 0 Å². The molecule has 2 aromatic carbocycles. The van der Waals surface area contributed by atoms with Gasteiger partial charge in [-0.05, 0) is 23.0 Å². The van der Waals surface area contributed by atoms with Gasteiger partial charge in [0.25, 0.3) is 0 Å². The molecule has 0 spiro atoms. The second-order valence-corrected chi connectivity index (χ2v) is 53.3. The molecule has 5 radical (unpaired) electrons. The molecule has 0 unspecified atom stereocenters. The Balaban J connectivity index is 0.000000306. The van der Waals surface area contributed by atoms with Crippen LogP contribution in [-0.2, 0) is 0 Å². The van der Waals surface area contributed by atoms with Gasteiger partial charge in [-0.25, -0.2) is 0 Å². The summed E-state index contributed by atoms with van der Waals surface area (Å²) in [5, 5.41) is 0. The van der Waals surface area contributed by atoms with Crippen LogP contribution < -0.4 is 18.3 Å². The summed E-state index contributed by atoms with van der Waals surface area (Å²) in [6, 6.07) is 18.4. The molecular weight excluding hydrogens is 854 g/mol. The SMILES string of the molecule is CC(C)(C)CN1c2ccccc2N(CC(C)(C)C)[Si]1N([Si](C)(C)C)[Si](C)(C)C.CC(C)(C)CN1c2ccccc2N(CC(C)(C)C)[Si]1N([Si](C)(C)C)[Si](C)(C)[CH2][Ge]. The Morgan fingerprint density at radius 1 is 0.421 bits per heavy atom. The third kappa shape index (κ3) is 13.4. The minimum absolute atomic E-state index is 0.268.